The molecule has 0 amide bonds. The predicted molar refractivity (Wildman–Crippen MR) is 67.0 cm³/mol. The van der Waals surface area contributed by atoms with Gasteiger partial charge in [-0.1, -0.05) is 12.1 Å². The number of benzene rings is 1. The molecule has 1 saturated heterocycles. The molecule has 0 saturated carbocycles. The van der Waals surface area contributed by atoms with Gasteiger partial charge in [-0.3, -0.25) is 4.90 Å². The third kappa shape index (κ3) is 2.68. The number of hydrogen-bond acceptors (Lipinski definition) is 2. The Labute approximate surface area is 98.6 Å². The summed E-state index contributed by atoms with van der Waals surface area (Å²) in [5.41, 5.74) is 7.25. The molecule has 1 unspecified atom stereocenters. The zero-order valence-corrected chi connectivity index (χ0v) is 10.3. The normalized spacial score (nSPS) is 22.9. The van der Waals surface area contributed by atoms with Crippen LogP contribution in [0.15, 0.2) is 24.3 Å². The zero-order valence-electron chi connectivity index (χ0n) is 8.12. The third-order valence-electron chi connectivity index (χ3n) is 2.63. The maximum absolute atomic E-state index is 5.86. The molecule has 2 rings (SSSR count). The van der Waals surface area contributed by atoms with Crippen LogP contribution in [0.4, 0.5) is 0 Å². The second kappa shape index (κ2) is 4.59. The average molecular weight is 302 g/mol. The van der Waals surface area contributed by atoms with Crippen LogP contribution < -0.4 is 5.73 Å². The summed E-state index contributed by atoms with van der Waals surface area (Å²) >= 11 is 2.33. The summed E-state index contributed by atoms with van der Waals surface area (Å²) in [5, 5.41) is 0. The fourth-order valence-corrected chi connectivity index (χ4v) is 2.21. The summed E-state index contributed by atoms with van der Waals surface area (Å²) in [5.74, 6) is 0. The van der Waals surface area contributed by atoms with E-state index in [-0.39, 0.29) is 0 Å². The minimum atomic E-state index is 0.388. The number of nitrogens with zero attached hydrogens (tertiary/aromatic N) is 1. The standard InChI is InChI=1S/C11H15IN2/c12-10-3-1-9(2-4-10)7-14-6-5-11(13)8-14/h1-4,11H,5-8,13H2. The van der Waals surface area contributed by atoms with Gasteiger partial charge in [0.05, 0.1) is 0 Å². The van der Waals surface area contributed by atoms with Crippen LogP contribution in [0.1, 0.15) is 12.0 Å². The fraction of sp³-hybridized carbons (Fsp3) is 0.455. The van der Waals surface area contributed by atoms with E-state index in [0.717, 1.165) is 26.1 Å². The van der Waals surface area contributed by atoms with Crippen molar-refractivity contribution in [1.29, 1.82) is 0 Å². The molecule has 14 heavy (non-hydrogen) atoms. The maximum Gasteiger partial charge on any atom is 0.0234 e. The highest BCUT2D eigenvalue weighted by Crippen LogP contribution is 2.13. The lowest BCUT2D eigenvalue weighted by atomic mass is 10.2. The summed E-state index contributed by atoms with van der Waals surface area (Å²) in [6, 6.07) is 9.11. The van der Waals surface area contributed by atoms with Crippen LogP contribution in [0.2, 0.25) is 0 Å². The Morgan fingerprint density at radius 1 is 1.36 bits per heavy atom. The summed E-state index contributed by atoms with van der Waals surface area (Å²) in [6.45, 7) is 3.24. The van der Waals surface area contributed by atoms with E-state index in [4.69, 9.17) is 5.73 Å². The smallest absolute Gasteiger partial charge is 0.0234 e. The minimum Gasteiger partial charge on any atom is -0.326 e. The molecule has 0 spiro atoms. The molecule has 3 heteroatoms. The van der Waals surface area contributed by atoms with Gasteiger partial charge in [0.2, 0.25) is 0 Å². The first-order valence-corrected chi connectivity index (χ1v) is 6.04. The number of nitrogens with two attached hydrogens (primary N) is 1. The predicted octanol–water partition coefficient (Wildman–Crippen LogP) is 1.82. The average Bonchev–Trinajstić information content (AvgIpc) is 2.56. The van der Waals surface area contributed by atoms with Gasteiger partial charge in [0, 0.05) is 29.2 Å². The molecule has 0 bridgehead atoms. The second-order valence-electron chi connectivity index (χ2n) is 3.91. The van der Waals surface area contributed by atoms with Gasteiger partial charge >= 0.3 is 0 Å². The molecule has 1 aliphatic heterocycles. The molecule has 2 N–H and O–H groups in total. The van der Waals surface area contributed by atoms with Crippen LogP contribution in [0.5, 0.6) is 0 Å². The lowest BCUT2D eigenvalue weighted by Crippen LogP contribution is -2.26. The van der Waals surface area contributed by atoms with E-state index in [0.29, 0.717) is 6.04 Å². The Bertz CT molecular complexity index is 297. The highest BCUT2D eigenvalue weighted by atomic mass is 127. The van der Waals surface area contributed by atoms with Crippen molar-refractivity contribution in [2.24, 2.45) is 5.73 Å². The number of likely N-dealkylation sites (tertiary alicyclic amines) is 1. The van der Waals surface area contributed by atoms with E-state index in [9.17, 15) is 0 Å². The summed E-state index contributed by atoms with van der Waals surface area (Å²) in [7, 11) is 0. The van der Waals surface area contributed by atoms with Gasteiger partial charge in [-0.05, 0) is 46.7 Å². The van der Waals surface area contributed by atoms with Gasteiger partial charge in [0.25, 0.3) is 0 Å². The van der Waals surface area contributed by atoms with E-state index < -0.39 is 0 Å². The lowest BCUT2D eigenvalue weighted by Gasteiger charge is -2.14. The molecule has 1 aliphatic rings. The molecule has 2 nitrogen and oxygen atoms in total. The van der Waals surface area contributed by atoms with Crippen molar-refractivity contribution < 1.29 is 0 Å². The molecular weight excluding hydrogens is 287 g/mol. The topological polar surface area (TPSA) is 29.3 Å². The van der Waals surface area contributed by atoms with Crippen LogP contribution >= 0.6 is 22.6 Å². The lowest BCUT2D eigenvalue weighted by molar-refractivity contribution is 0.327. The van der Waals surface area contributed by atoms with Crippen molar-refractivity contribution in [1.82, 2.24) is 4.90 Å². The van der Waals surface area contributed by atoms with E-state index in [1.54, 1.807) is 0 Å². The monoisotopic (exact) mass is 302 g/mol. The molecule has 1 aromatic carbocycles. The number of halogens is 1. The van der Waals surface area contributed by atoms with Crippen molar-refractivity contribution >= 4 is 22.6 Å². The van der Waals surface area contributed by atoms with E-state index in [1.165, 1.54) is 9.13 Å². The first-order chi connectivity index (χ1) is 6.74. The number of rotatable bonds is 2. The maximum atomic E-state index is 5.86. The quantitative estimate of drug-likeness (QED) is 0.845. The molecule has 1 fully saturated rings. The van der Waals surface area contributed by atoms with Crippen LogP contribution in [0, 0.1) is 3.57 Å². The van der Waals surface area contributed by atoms with Crippen LogP contribution in [0.25, 0.3) is 0 Å². The Balaban J connectivity index is 1.94. The van der Waals surface area contributed by atoms with Gasteiger partial charge in [0.15, 0.2) is 0 Å². The van der Waals surface area contributed by atoms with Crippen LogP contribution in [-0.4, -0.2) is 24.0 Å². The van der Waals surface area contributed by atoms with Gasteiger partial charge in [-0.2, -0.15) is 0 Å². The Morgan fingerprint density at radius 3 is 2.64 bits per heavy atom. The molecule has 76 valence electrons. The molecule has 1 heterocycles. The summed E-state index contributed by atoms with van der Waals surface area (Å²) in [4.78, 5) is 2.42. The highest BCUT2D eigenvalue weighted by Gasteiger charge is 2.18. The first-order valence-electron chi connectivity index (χ1n) is 4.96. The van der Waals surface area contributed by atoms with Crippen LogP contribution in [-0.2, 0) is 6.54 Å². The first kappa shape index (κ1) is 10.4. The zero-order chi connectivity index (χ0) is 9.97. The van der Waals surface area contributed by atoms with E-state index in [2.05, 4.69) is 51.8 Å². The van der Waals surface area contributed by atoms with Crippen molar-refractivity contribution in [3.8, 4) is 0 Å². The molecule has 0 radical (unpaired) electrons. The number of hydrogen-bond donors (Lipinski definition) is 1. The van der Waals surface area contributed by atoms with Crippen molar-refractivity contribution in [3.05, 3.63) is 33.4 Å². The van der Waals surface area contributed by atoms with Crippen molar-refractivity contribution in [2.45, 2.75) is 19.0 Å². The van der Waals surface area contributed by atoms with Gasteiger partial charge in [-0.15, -0.1) is 0 Å². The third-order valence-corrected chi connectivity index (χ3v) is 3.35. The van der Waals surface area contributed by atoms with E-state index >= 15 is 0 Å². The molecule has 0 aromatic heterocycles. The Morgan fingerprint density at radius 2 is 2.07 bits per heavy atom. The van der Waals surface area contributed by atoms with Crippen LogP contribution in [0.3, 0.4) is 0 Å². The highest BCUT2D eigenvalue weighted by molar-refractivity contribution is 14.1. The van der Waals surface area contributed by atoms with Gasteiger partial charge in [0.1, 0.15) is 0 Å². The largest absolute Gasteiger partial charge is 0.326 e. The van der Waals surface area contributed by atoms with Gasteiger partial charge < -0.3 is 5.73 Å². The SMILES string of the molecule is NC1CCN(Cc2ccc(I)cc2)C1. The summed E-state index contributed by atoms with van der Waals surface area (Å²) in [6.07, 6.45) is 1.14. The van der Waals surface area contributed by atoms with Gasteiger partial charge in [-0.25, -0.2) is 0 Å². The van der Waals surface area contributed by atoms with Crippen molar-refractivity contribution in [2.75, 3.05) is 13.1 Å². The fourth-order valence-electron chi connectivity index (χ4n) is 1.85. The Kier molecular flexibility index (Phi) is 3.41. The molecule has 1 atom stereocenters. The summed E-state index contributed by atoms with van der Waals surface area (Å²) < 4.78 is 1.30. The molecule has 0 aliphatic carbocycles. The molecule has 1 aromatic rings. The van der Waals surface area contributed by atoms with E-state index in [1.807, 2.05) is 0 Å². The Hall–Kier alpha value is -0.130. The second-order valence-corrected chi connectivity index (χ2v) is 5.16. The van der Waals surface area contributed by atoms with Crippen molar-refractivity contribution in [3.63, 3.8) is 0 Å². The molecular formula is C11H15IN2. The minimum absolute atomic E-state index is 0.388.